The molecule has 2 aliphatic carbocycles. The van der Waals surface area contributed by atoms with Gasteiger partial charge in [-0.3, -0.25) is 0 Å². The predicted octanol–water partition coefficient (Wildman–Crippen LogP) is 17.0. The summed E-state index contributed by atoms with van der Waals surface area (Å²) >= 11 is 0. The van der Waals surface area contributed by atoms with Crippen molar-refractivity contribution in [1.29, 1.82) is 0 Å². The molecule has 0 N–H and O–H groups in total. The molecule has 4 aliphatic rings. The molecule has 12 rings (SSSR count). The van der Waals surface area contributed by atoms with E-state index in [-0.39, 0.29) is 10.8 Å². The maximum atomic E-state index is 2.56. The van der Waals surface area contributed by atoms with Crippen LogP contribution in [-0.2, 0) is 10.8 Å². The van der Waals surface area contributed by atoms with Crippen molar-refractivity contribution in [3.8, 4) is 22.3 Å². The number of benzene rings is 8. The number of para-hydroxylation sites is 3. The van der Waals surface area contributed by atoms with E-state index in [4.69, 9.17) is 0 Å². The first kappa shape index (κ1) is 38.3. The number of fused-ring (bicyclic) bond motifs is 7. The lowest BCUT2D eigenvalue weighted by atomic mass is 9.71. The first-order chi connectivity index (χ1) is 31.3. The highest BCUT2D eigenvalue weighted by atomic mass is 15.2. The highest BCUT2D eigenvalue weighted by molar-refractivity contribution is 6.08. The van der Waals surface area contributed by atoms with E-state index in [9.17, 15) is 0 Å². The first-order valence-electron chi connectivity index (χ1n) is 22.8. The fraction of sp³-hybridized carbons (Fsp3) is 0.129. The van der Waals surface area contributed by atoms with Crippen molar-refractivity contribution < 1.29 is 0 Å². The molecule has 0 fully saturated rings. The average molecular weight is 823 g/mol. The maximum absolute atomic E-state index is 2.56. The van der Waals surface area contributed by atoms with Gasteiger partial charge in [0.2, 0.25) is 0 Å². The molecule has 0 spiro atoms. The van der Waals surface area contributed by atoms with Crippen LogP contribution < -0.4 is 9.80 Å². The van der Waals surface area contributed by atoms with E-state index in [1.165, 1.54) is 112 Å². The van der Waals surface area contributed by atoms with Crippen LogP contribution in [0.1, 0.15) is 79.5 Å². The Labute approximate surface area is 377 Å². The van der Waals surface area contributed by atoms with Gasteiger partial charge in [-0.05, 0) is 121 Å². The summed E-state index contributed by atoms with van der Waals surface area (Å²) in [6.07, 6.45) is 15.8. The van der Waals surface area contributed by atoms with Crippen molar-refractivity contribution in [2.75, 3.05) is 9.80 Å². The van der Waals surface area contributed by atoms with Gasteiger partial charge in [0.15, 0.2) is 0 Å². The van der Waals surface area contributed by atoms with Gasteiger partial charge in [0, 0.05) is 33.3 Å². The van der Waals surface area contributed by atoms with Gasteiger partial charge in [0.25, 0.3) is 0 Å². The van der Waals surface area contributed by atoms with E-state index >= 15 is 0 Å². The Balaban J connectivity index is 0.836. The third-order valence-corrected chi connectivity index (χ3v) is 14.5. The number of hydrogen-bond donors (Lipinski definition) is 0. The Hall–Kier alpha value is -7.42. The summed E-state index contributed by atoms with van der Waals surface area (Å²) in [4.78, 5) is 4.99. The summed E-state index contributed by atoms with van der Waals surface area (Å²) in [5.41, 5.74) is 22.9. The van der Waals surface area contributed by atoms with Gasteiger partial charge in [0.1, 0.15) is 0 Å². The van der Waals surface area contributed by atoms with Gasteiger partial charge in [-0.15, -0.1) is 0 Å². The predicted molar refractivity (Wildman–Crippen MR) is 273 cm³/mol. The maximum Gasteiger partial charge on any atom is 0.0540 e. The van der Waals surface area contributed by atoms with Crippen molar-refractivity contribution >= 4 is 63.5 Å². The molecule has 2 aliphatic heterocycles. The lowest BCUT2D eigenvalue weighted by Crippen LogP contribution is -2.34. The third kappa shape index (κ3) is 5.93. The normalized spacial score (nSPS) is 16.2. The Kier molecular flexibility index (Phi) is 8.72. The van der Waals surface area contributed by atoms with Crippen LogP contribution in [0.15, 0.2) is 193 Å². The van der Waals surface area contributed by atoms with E-state index in [2.05, 4.69) is 244 Å². The van der Waals surface area contributed by atoms with Gasteiger partial charge in [0.05, 0.1) is 17.1 Å². The highest BCUT2D eigenvalue weighted by Crippen LogP contribution is 2.54. The van der Waals surface area contributed by atoms with Gasteiger partial charge < -0.3 is 9.80 Å². The number of rotatable bonds is 5. The summed E-state index contributed by atoms with van der Waals surface area (Å²) in [7, 11) is 0. The zero-order valence-electron chi connectivity index (χ0n) is 36.9. The molecule has 2 heterocycles. The Morgan fingerprint density at radius 3 is 1.78 bits per heavy atom. The lowest BCUT2D eigenvalue weighted by Gasteiger charge is -2.44. The molecule has 308 valence electrons. The van der Waals surface area contributed by atoms with Crippen molar-refractivity contribution in [1.82, 2.24) is 0 Å². The van der Waals surface area contributed by atoms with Gasteiger partial charge in [-0.25, -0.2) is 0 Å². The largest absolute Gasteiger partial charge is 0.314 e. The van der Waals surface area contributed by atoms with Crippen molar-refractivity contribution in [2.24, 2.45) is 0 Å². The fourth-order valence-corrected chi connectivity index (χ4v) is 11.2. The summed E-state index contributed by atoms with van der Waals surface area (Å²) in [6.45, 7) is 9.56. The lowest BCUT2D eigenvalue weighted by molar-refractivity contribution is 0.603. The number of allylic oxidation sites excluding steroid dienone is 4. The van der Waals surface area contributed by atoms with Crippen LogP contribution in [0.5, 0.6) is 0 Å². The molecular formula is C62H50N2. The molecule has 0 aromatic heterocycles. The average Bonchev–Trinajstić information content (AvgIpc) is 3.43. The molecule has 2 heteroatoms. The molecular weight excluding hydrogens is 773 g/mol. The second kappa shape index (κ2) is 14.6. The van der Waals surface area contributed by atoms with Crippen LogP contribution in [-0.4, -0.2) is 0 Å². The van der Waals surface area contributed by atoms with Crippen molar-refractivity contribution in [3.63, 3.8) is 0 Å². The minimum atomic E-state index is -0.139. The van der Waals surface area contributed by atoms with Crippen LogP contribution in [0.3, 0.4) is 0 Å². The Bertz CT molecular complexity index is 3280. The van der Waals surface area contributed by atoms with Gasteiger partial charge >= 0.3 is 0 Å². The van der Waals surface area contributed by atoms with Gasteiger partial charge in [-0.1, -0.05) is 198 Å². The minimum absolute atomic E-state index is 0.0354. The Morgan fingerprint density at radius 1 is 0.438 bits per heavy atom. The molecule has 0 radical (unpaired) electrons. The zero-order chi connectivity index (χ0) is 43.2. The van der Waals surface area contributed by atoms with E-state index in [1.54, 1.807) is 0 Å². The molecule has 8 aromatic carbocycles. The minimum Gasteiger partial charge on any atom is -0.314 e. The van der Waals surface area contributed by atoms with Crippen LogP contribution in [0.25, 0.3) is 57.3 Å². The monoisotopic (exact) mass is 822 g/mol. The molecule has 2 nitrogen and oxygen atoms in total. The van der Waals surface area contributed by atoms with Crippen LogP contribution in [0, 0.1) is 0 Å². The molecule has 0 bridgehead atoms. The fourth-order valence-electron chi connectivity index (χ4n) is 11.2. The quantitative estimate of drug-likeness (QED) is 0.160. The Morgan fingerprint density at radius 2 is 1.03 bits per heavy atom. The van der Waals surface area contributed by atoms with Crippen LogP contribution >= 0.6 is 0 Å². The van der Waals surface area contributed by atoms with E-state index in [1.807, 2.05) is 0 Å². The molecule has 0 atom stereocenters. The second-order valence-electron chi connectivity index (χ2n) is 18.9. The summed E-state index contributed by atoms with van der Waals surface area (Å²) in [5, 5.41) is 2.46. The van der Waals surface area contributed by atoms with E-state index < -0.39 is 0 Å². The molecule has 0 amide bonds. The second-order valence-corrected chi connectivity index (χ2v) is 18.9. The van der Waals surface area contributed by atoms with E-state index in [0.29, 0.717) is 0 Å². The van der Waals surface area contributed by atoms with Crippen molar-refractivity contribution in [3.05, 3.63) is 232 Å². The van der Waals surface area contributed by atoms with Gasteiger partial charge in [-0.2, -0.15) is 0 Å². The number of anilines is 5. The number of nitrogens with zero attached hydrogens (tertiary/aromatic N) is 2. The SMILES string of the molecule is CC1(C)C2=C(CCC=C2)N(c2ccc3c(c2)C(C)(C)c2cc(/C=C/c4ccc(-c5ccc(N6c7ccccc7C=Cc7ccccc76)c6ccccc56)cc4)ccc2-3)c2ccccc21. The molecule has 0 unspecified atom stereocenters. The summed E-state index contributed by atoms with van der Waals surface area (Å²) < 4.78 is 0. The molecule has 8 aromatic rings. The van der Waals surface area contributed by atoms with Crippen LogP contribution in [0.4, 0.5) is 28.4 Å². The zero-order valence-corrected chi connectivity index (χ0v) is 36.9. The summed E-state index contributed by atoms with van der Waals surface area (Å²) in [6, 6.07) is 63.1. The molecule has 0 saturated carbocycles. The van der Waals surface area contributed by atoms with Crippen molar-refractivity contribution in [2.45, 2.75) is 51.4 Å². The highest BCUT2D eigenvalue weighted by Gasteiger charge is 2.40. The topological polar surface area (TPSA) is 6.48 Å². The molecule has 0 saturated heterocycles. The third-order valence-electron chi connectivity index (χ3n) is 14.5. The van der Waals surface area contributed by atoms with Crippen LogP contribution in [0.2, 0.25) is 0 Å². The first-order valence-corrected chi connectivity index (χ1v) is 22.8. The number of hydrogen-bond acceptors (Lipinski definition) is 2. The van der Waals surface area contributed by atoms with E-state index in [0.717, 1.165) is 12.8 Å². The smallest absolute Gasteiger partial charge is 0.0540 e. The molecule has 64 heavy (non-hydrogen) atoms. The summed E-state index contributed by atoms with van der Waals surface area (Å²) in [5.74, 6) is 0. The standard InChI is InChI=1S/C62H50N2/c1-61(2)52-19-9-13-23-59(52)63(60-24-14-10-20-53(60)61)46-34-36-50-49-35-29-42(39-54(49)62(3,4)55(50)40-46)26-25-41-27-30-43(31-28-41)47-37-38-58(51-18-8-7-17-48(47)51)64-56-21-11-5-15-44(56)32-33-45-16-6-12-22-57(45)64/h5-13,15-23,25-40H,14,24H2,1-4H3/b26-25+.